The first-order valence-electron chi connectivity index (χ1n) is 8.79. The summed E-state index contributed by atoms with van der Waals surface area (Å²) in [5.41, 5.74) is 0.892. The molecule has 11 heteroatoms. The number of nitrogens with zero attached hydrogens (tertiary/aromatic N) is 3. The highest BCUT2D eigenvalue weighted by molar-refractivity contribution is 14.0. The molecule has 0 radical (unpaired) electrons. The first kappa shape index (κ1) is 24.3. The number of sulfonamides is 1. The number of rotatable bonds is 9. The molecule has 0 aliphatic rings. The fourth-order valence-corrected chi connectivity index (χ4v) is 3.12. The van der Waals surface area contributed by atoms with Crippen LogP contribution in [0.4, 0.5) is 0 Å². The topological polar surface area (TPSA) is 122 Å². The summed E-state index contributed by atoms with van der Waals surface area (Å²) in [6, 6.07) is 4.97. The maximum atomic E-state index is 12.1. The van der Waals surface area contributed by atoms with E-state index in [1.807, 2.05) is 26.8 Å². The van der Waals surface area contributed by atoms with Gasteiger partial charge < -0.3 is 15.2 Å². The van der Waals surface area contributed by atoms with Crippen LogP contribution in [0.25, 0.3) is 0 Å². The highest BCUT2D eigenvalue weighted by Gasteiger charge is 2.13. The molecule has 0 saturated carbocycles. The minimum Gasteiger partial charge on any atom is -0.359 e. The van der Waals surface area contributed by atoms with E-state index in [1.165, 1.54) is 18.5 Å². The van der Waals surface area contributed by atoms with Gasteiger partial charge in [0.25, 0.3) is 0 Å². The zero-order chi connectivity index (χ0) is 19.7. The lowest BCUT2D eigenvalue weighted by Crippen LogP contribution is -2.41. The second kappa shape index (κ2) is 12.0. The summed E-state index contributed by atoms with van der Waals surface area (Å²) in [4.78, 5) is 8.38. The fourth-order valence-electron chi connectivity index (χ4n) is 2.13. The Morgan fingerprint density at radius 1 is 1.29 bits per heavy atom. The normalized spacial score (nSPS) is 11.9. The Morgan fingerprint density at radius 2 is 2.07 bits per heavy atom. The number of hydrogen-bond acceptors (Lipinski definition) is 6. The van der Waals surface area contributed by atoms with Gasteiger partial charge in [-0.3, -0.25) is 4.98 Å². The van der Waals surface area contributed by atoms with Crippen molar-refractivity contribution in [1.29, 1.82) is 0 Å². The van der Waals surface area contributed by atoms with E-state index in [9.17, 15) is 8.42 Å². The smallest absolute Gasteiger partial charge is 0.242 e. The highest BCUT2D eigenvalue weighted by Crippen LogP contribution is 2.14. The lowest BCUT2D eigenvalue weighted by Gasteiger charge is -2.11. The molecule has 0 saturated heterocycles. The molecule has 0 aromatic carbocycles. The quantitative estimate of drug-likeness (QED) is 0.199. The summed E-state index contributed by atoms with van der Waals surface area (Å²) in [5.74, 6) is 1.54. The SMILES string of the molecule is CCNC(=NCc1cc(C(C)C)no1)NCCNS(=O)(=O)c1cccnc1.I. The van der Waals surface area contributed by atoms with E-state index in [-0.39, 0.29) is 35.4 Å². The molecule has 0 aliphatic heterocycles. The molecular formula is C17H27IN6O3S. The fraction of sp³-hybridized carbons (Fsp3) is 0.471. The van der Waals surface area contributed by atoms with E-state index in [4.69, 9.17) is 4.52 Å². The Bertz CT molecular complexity index is 840. The van der Waals surface area contributed by atoms with E-state index in [2.05, 4.69) is 30.5 Å². The number of halogens is 1. The van der Waals surface area contributed by atoms with Crippen LogP contribution in [0.3, 0.4) is 0 Å². The van der Waals surface area contributed by atoms with E-state index in [0.29, 0.717) is 37.3 Å². The average Bonchev–Trinajstić information content (AvgIpc) is 3.13. The molecule has 0 amide bonds. The van der Waals surface area contributed by atoms with Crippen LogP contribution < -0.4 is 15.4 Å². The second-order valence-electron chi connectivity index (χ2n) is 6.08. The Balaban J connectivity index is 0.00000392. The molecular weight excluding hydrogens is 495 g/mol. The van der Waals surface area contributed by atoms with Crippen molar-refractivity contribution in [2.45, 2.75) is 38.1 Å². The first-order chi connectivity index (χ1) is 12.9. The summed E-state index contributed by atoms with van der Waals surface area (Å²) in [7, 11) is -3.57. The van der Waals surface area contributed by atoms with Crippen LogP contribution in [0.5, 0.6) is 0 Å². The van der Waals surface area contributed by atoms with Crippen molar-refractivity contribution in [2.24, 2.45) is 4.99 Å². The molecule has 156 valence electrons. The molecule has 2 aromatic heterocycles. The van der Waals surface area contributed by atoms with E-state index < -0.39 is 10.0 Å². The van der Waals surface area contributed by atoms with Gasteiger partial charge in [0.05, 0.1) is 5.69 Å². The van der Waals surface area contributed by atoms with Gasteiger partial charge in [-0.2, -0.15) is 0 Å². The first-order valence-corrected chi connectivity index (χ1v) is 10.3. The predicted molar refractivity (Wildman–Crippen MR) is 118 cm³/mol. The van der Waals surface area contributed by atoms with Gasteiger partial charge in [-0.1, -0.05) is 19.0 Å². The van der Waals surface area contributed by atoms with Crippen LogP contribution in [-0.4, -0.2) is 44.2 Å². The monoisotopic (exact) mass is 522 g/mol. The number of hydrogen-bond donors (Lipinski definition) is 3. The van der Waals surface area contributed by atoms with Gasteiger partial charge in [-0.15, -0.1) is 24.0 Å². The van der Waals surface area contributed by atoms with Crippen molar-refractivity contribution < 1.29 is 12.9 Å². The average molecular weight is 522 g/mol. The van der Waals surface area contributed by atoms with Crippen molar-refractivity contribution in [3.63, 3.8) is 0 Å². The second-order valence-corrected chi connectivity index (χ2v) is 7.85. The minimum absolute atomic E-state index is 0. The number of aromatic nitrogens is 2. The van der Waals surface area contributed by atoms with E-state index in [1.54, 1.807) is 6.07 Å². The number of guanidine groups is 1. The minimum atomic E-state index is -3.57. The van der Waals surface area contributed by atoms with Gasteiger partial charge in [-0.05, 0) is 25.0 Å². The highest BCUT2D eigenvalue weighted by atomic mass is 127. The van der Waals surface area contributed by atoms with Gasteiger partial charge in [-0.25, -0.2) is 18.1 Å². The van der Waals surface area contributed by atoms with Crippen LogP contribution in [-0.2, 0) is 16.6 Å². The third-order valence-corrected chi connectivity index (χ3v) is 5.01. The van der Waals surface area contributed by atoms with Crippen LogP contribution in [0.2, 0.25) is 0 Å². The van der Waals surface area contributed by atoms with Crippen molar-refractivity contribution in [2.75, 3.05) is 19.6 Å². The number of aliphatic imine (C=N–C) groups is 1. The van der Waals surface area contributed by atoms with Crippen molar-refractivity contribution in [3.8, 4) is 0 Å². The van der Waals surface area contributed by atoms with Crippen LogP contribution in [0.15, 0.2) is 45.0 Å². The summed E-state index contributed by atoms with van der Waals surface area (Å²) in [6.07, 6.45) is 2.84. The zero-order valence-corrected chi connectivity index (χ0v) is 19.3. The molecule has 0 aliphatic carbocycles. The lowest BCUT2D eigenvalue weighted by molar-refractivity contribution is 0.376. The van der Waals surface area contributed by atoms with Gasteiger partial charge in [0.2, 0.25) is 10.0 Å². The summed E-state index contributed by atoms with van der Waals surface area (Å²) in [6.45, 7) is 7.65. The largest absolute Gasteiger partial charge is 0.359 e. The Hall–Kier alpha value is -1.73. The molecule has 0 bridgehead atoms. The third kappa shape index (κ3) is 7.72. The summed E-state index contributed by atoms with van der Waals surface area (Å²) < 4.78 is 32.0. The molecule has 0 fully saturated rings. The number of pyridine rings is 1. The van der Waals surface area contributed by atoms with Crippen molar-refractivity contribution in [3.05, 3.63) is 42.0 Å². The Morgan fingerprint density at radius 3 is 2.68 bits per heavy atom. The molecule has 0 spiro atoms. The molecule has 2 rings (SSSR count). The van der Waals surface area contributed by atoms with E-state index in [0.717, 1.165) is 5.69 Å². The van der Waals surface area contributed by atoms with E-state index >= 15 is 0 Å². The Labute approximate surface area is 182 Å². The van der Waals surface area contributed by atoms with Crippen LogP contribution in [0, 0.1) is 0 Å². The molecule has 3 N–H and O–H groups in total. The molecule has 2 heterocycles. The summed E-state index contributed by atoms with van der Waals surface area (Å²) in [5, 5.41) is 10.2. The van der Waals surface area contributed by atoms with Crippen molar-refractivity contribution in [1.82, 2.24) is 25.5 Å². The number of nitrogens with one attached hydrogen (secondary N) is 3. The third-order valence-electron chi connectivity index (χ3n) is 3.56. The van der Waals surface area contributed by atoms with Gasteiger partial charge in [0.15, 0.2) is 11.7 Å². The maximum absolute atomic E-state index is 12.1. The standard InChI is InChI=1S/C17H26N6O3S.HI/c1-4-19-17(21-11-14-10-16(13(2)3)23-26-14)20-8-9-22-27(24,25)15-6-5-7-18-12-15;/h5-7,10,12-13,22H,4,8-9,11H2,1-3H3,(H2,19,20,21);1H. The van der Waals surface area contributed by atoms with Crippen LogP contribution >= 0.6 is 24.0 Å². The Kier molecular flexibility index (Phi) is 10.4. The predicted octanol–water partition coefficient (Wildman–Crippen LogP) is 1.84. The maximum Gasteiger partial charge on any atom is 0.242 e. The van der Waals surface area contributed by atoms with Gasteiger partial charge in [0.1, 0.15) is 11.4 Å². The van der Waals surface area contributed by atoms with Gasteiger partial charge in [0, 0.05) is 38.1 Å². The molecule has 0 unspecified atom stereocenters. The molecule has 2 aromatic rings. The summed E-state index contributed by atoms with van der Waals surface area (Å²) >= 11 is 0. The molecule has 0 atom stereocenters. The molecule has 9 nitrogen and oxygen atoms in total. The van der Waals surface area contributed by atoms with Crippen molar-refractivity contribution >= 4 is 40.0 Å². The van der Waals surface area contributed by atoms with Gasteiger partial charge >= 0.3 is 0 Å². The lowest BCUT2D eigenvalue weighted by atomic mass is 10.1. The van der Waals surface area contributed by atoms with Crippen LogP contribution in [0.1, 0.15) is 38.1 Å². The zero-order valence-electron chi connectivity index (χ0n) is 16.2. The molecule has 28 heavy (non-hydrogen) atoms.